The fourth-order valence-corrected chi connectivity index (χ4v) is 4.95. The largest absolute Gasteiger partial charge is 0.497 e. The Morgan fingerprint density at radius 2 is 1.30 bits per heavy atom. The first-order chi connectivity index (χ1) is 11.0. The Bertz CT molecular complexity index is 657. The molecule has 23 heavy (non-hydrogen) atoms. The molecule has 124 valence electrons. The van der Waals surface area contributed by atoms with E-state index in [2.05, 4.69) is 25.2 Å². The molecule has 0 aromatic heterocycles. The Labute approximate surface area is 139 Å². The monoisotopic (exact) mass is 332 g/mol. The van der Waals surface area contributed by atoms with Crippen LogP contribution in [0.1, 0.15) is 0 Å². The maximum Gasteiger partial charge on any atom is 0.203 e. The molecule has 0 N–H and O–H groups in total. The van der Waals surface area contributed by atoms with Crippen LogP contribution in [0, 0.1) is 0 Å². The molecule has 4 nitrogen and oxygen atoms in total. The van der Waals surface area contributed by atoms with Crippen molar-refractivity contribution < 1.29 is 18.9 Å². The average Bonchev–Trinajstić information content (AvgIpc) is 2.60. The first kappa shape index (κ1) is 17.2. The fraction of sp³-hybridized carbons (Fsp3) is 0.333. The van der Waals surface area contributed by atoms with E-state index in [4.69, 9.17) is 18.9 Å². The molecule has 0 aliphatic carbocycles. The number of hydrogen-bond donors (Lipinski definition) is 0. The van der Waals surface area contributed by atoms with Crippen LogP contribution in [0.2, 0.25) is 13.1 Å². The van der Waals surface area contributed by atoms with Gasteiger partial charge in [0.25, 0.3) is 0 Å². The van der Waals surface area contributed by atoms with Crippen LogP contribution in [0.5, 0.6) is 23.0 Å². The Balaban J connectivity index is 2.58. The molecule has 0 saturated carbocycles. The summed E-state index contributed by atoms with van der Waals surface area (Å²) in [5.41, 5.74) is 0. The summed E-state index contributed by atoms with van der Waals surface area (Å²) in [6, 6.07) is 12.3. The molecule has 0 atom stereocenters. The topological polar surface area (TPSA) is 36.9 Å². The molecule has 0 aliphatic rings. The third kappa shape index (κ3) is 3.29. The number of benzene rings is 2. The molecule has 0 amide bonds. The standard InChI is InChI=1S/C18H24O4Si/c1-19-13-8-7-9-14(10-13)23(5,6)15-11-16(20-2)18(22-4)17(12-15)21-3/h7-12H,1-6H3. The summed E-state index contributed by atoms with van der Waals surface area (Å²) < 4.78 is 21.8. The molecule has 0 saturated heterocycles. The number of ether oxygens (including phenoxy) is 4. The maximum atomic E-state index is 5.49. The van der Waals surface area contributed by atoms with Crippen LogP contribution in [0.15, 0.2) is 36.4 Å². The molecule has 0 bridgehead atoms. The van der Waals surface area contributed by atoms with Gasteiger partial charge in [-0.3, -0.25) is 0 Å². The van der Waals surface area contributed by atoms with Gasteiger partial charge in [0.2, 0.25) is 5.75 Å². The molecular formula is C18H24O4Si. The molecule has 0 unspecified atom stereocenters. The van der Waals surface area contributed by atoms with Gasteiger partial charge in [-0.15, -0.1) is 0 Å². The van der Waals surface area contributed by atoms with Crippen LogP contribution < -0.4 is 29.3 Å². The lowest BCUT2D eigenvalue weighted by atomic mass is 10.3. The molecule has 0 aliphatic heterocycles. The second-order valence-electron chi connectivity index (χ2n) is 5.77. The molecule has 2 rings (SSSR count). The van der Waals surface area contributed by atoms with Gasteiger partial charge in [0.05, 0.1) is 28.4 Å². The highest BCUT2D eigenvalue weighted by molar-refractivity contribution is 7.00. The van der Waals surface area contributed by atoms with Gasteiger partial charge in [-0.05, 0) is 29.5 Å². The Hall–Kier alpha value is -2.14. The Morgan fingerprint density at radius 1 is 0.696 bits per heavy atom. The summed E-state index contributed by atoms with van der Waals surface area (Å²) in [5.74, 6) is 2.86. The minimum absolute atomic E-state index is 0.620. The predicted octanol–water partition coefficient (Wildman–Crippen LogP) is 2.54. The van der Waals surface area contributed by atoms with Crippen LogP contribution in [-0.2, 0) is 0 Å². The molecule has 5 heteroatoms. The van der Waals surface area contributed by atoms with Crippen molar-refractivity contribution in [3.8, 4) is 23.0 Å². The van der Waals surface area contributed by atoms with Crippen LogP contribution in [0.4, 0.5) is 0 Å². The van der Waals surface area contributed by atoms with Crippen molar-refractivity contribution in [2.24, 2.45) is 0 Å². The molecular weight excluding hydrogens is 308 g/mol. The summed E-state index contributed by atoms with van der Waals surface area (Å²) in [7, 11) is 4.65. The summed E-state index contributed by atoms with van der Waals surface area (Å²) >= 11 is 0. The lowest BCUT2D eigenvalue weighted by Gasteiger charge is -2.26. The first-order valence-electron chi connectivity index (χ1n) is 7.43. The highest BCUT2D eigenvalue weighted by Crippen LogP contribution is 2.36. The van der Waals surface area contributed by atoms with Crippen molar-refractivity contribution in [3.05, 3.63) is 36.4 Å². The lowest BCUT2D eigenvalue weighted by Crippen LogP contribution is -2.52. The third-order valence-electron chi connectivity index (χ3n) is 4.18. The van der Waals surface area contributed by atoms with Gasteiger partial charge < -0.3 is 18.9 Å². The van der Waals surface area contributed by atoms with E-state index in [1.54, 1.807) is 28.4 Å². The van der Waals surface area contributed by atoms with E-state index in [1.165, 1.54) is 10.4 Å². The zero-order valence-electron chi connectivity index (χ0n) is 14.6. The first-order valence-corrected chi connectivity index (χ1v) is 10.4. The van der Waals surface area contributed by atoms with E-state index < -0.39 is 8.07 Å². The third-order valence-corrected chi connectivity index (χ3v) is 7.66. The second kappa shape index (κ2) is 6.96. The normalized spacial score (nSPS) is 11.0. The van der Waals surface area contributed by atoms with Crippen molar-refractivity contribution >= 4 is 18.4 Å². The summed E-state index contributed by atoms with van der Waals surface area (Å²) in [5, 5.41) is 2.49. The van der Waals surface area contributed by atoms with Gasteiger partial charge in [-0.1, -0.05) is 30.4 Å². The van der Waals surface area contributed by atoms with Gasteiger partial charge in [-0.25, -0.2) is 0 Å². The van der Waals surface area contributed by atoms with E-state index >= 15 is 0 Å². The van der Waals surface area contributed by atoms with Crippen LogP contribution >= 0.6 is 0 Å². The lowest BCUT2D eigenvalue weighted by molar-refractivity contribution is 0.325. The van der Waals surface area contributed by atoms with E-state index in [1.807, 2.05) is 24.3 Å². The average molecular weight is 332 g/mol. The summed E-state index contributed by atoms with van der Waals surface area (Å²) in [6.07, 6.45) is 0. The zero-order chi connectivity index (χ0) is 17.0. The Morgan fingerprint density at radius 3 is 1.78 bits per heavy atom. The van der Waals surface area contributed by atoms with Gasteiger partial charge in [0.15, 0.2) is 11.5 Å². The second-order valence-corrected chi connectivity index (χ2v) is 10.2. The SMILES string of the molecule is COc1cccc([Si](C)(C)c2cc(OC)c(OC)c(OC)c2)c1. The van der Waals surface area contributed by atoms with Crippen molar-refractivity contribution in [3.63, 3.8) is 0 Å². The van der Waals surface area contributed by atoms with E-state index in [0.717, 1.165) is 5.75 Å². The summed E-state index contributed by atoms with van der Waals surface area (Å²) in [6.45, 7) is 4.59. The highest BCUT2D eigenvalue weighted by atomic mass is 28.3. The van der Waals surface area contributed by atoms with Crippen molar-refractivity contribution in [1.29, 1.82) is 0 Å². The molecule has 2 aromatic carbocycles. The van der Waals surface area contributed by atoms with Crippen molar-refractivity contribution in [1.82, 2.24) is 0 Å². The van der Waals surface area contributed by atoms with Crippen LogP contribution in [-0.4, -0.2) is 36.5 Å². The number of rotatable bonds is 6. The van der Waals surface area contributed by atoms with Gasteiger partial charge >= 0.3 is 0 Å². The molecule has 0 spiro atoms. The maximum absolute atomic E-state index is 5.49. The predicted molar refractivity (Wildman–Crippen MR) is 95.8 cm³/mol. The minimum Gasteiger partial charge on any atom is -0.497 e. The fourth-order valence-electron chi connectivity index (χ4n) is 2.62. The van der Waals surface area contributed by atoms with Gasteiger partial charge in [0, 0.05) is 0 Å². The number of methoxy groups -OCH3 is 4. The van der Waals surface area contributed by atoms with E-state index in [-0.39, 0.29) is 0 Å². The summed E-state index contributed by atoms with van der Waals surface area (Å²) in [4.78, 5) is 0. The van der Waals surface area contributed by atoms with E-state index in [9.17, 15) is 0 Å². The van der Waals surface area contributed by atoms with Gasteiger partial charge in [-0.2, -0.15) is 0 Å². The quantitative estimate of drug-likeness (QED) is 0.762. The molecule has 0 radical (unpaired) electrons. The molecule has 0 heterocycles. The molecule has 0 fully saturated rings. The van der Waals surface area contributed by atoms with E-state index in [0.29, 0.717) is 17.2 Å². The van der Waals surface area contributed by atoms with Crippen LogP contribution in [0.3, 0.4) is 0 Å². The minimum atomic E-state index is -1.93. The number of hydrogen-bond acceptors (Lipinski definition) is 4. The van der Waals surface area contributed by atoms with Crippen LogP contribution in [0.25, 0.3) is 0 Å². The Kier molecular flexibility index (Phi) is 5.21. The smallest absolute Gasteiger partial charge is 0.203 e. The van der Waals surface area contributed by atoms with Crippen molar-refractivity contribution in [2.75, 3.05) is 28.4 Å². The molecule has 2 aromatic rings. The van der Waals surface area contributed by atoms with Gasteiger partial charge in [0.1, 0.15) is 13.8 Å². The van der Waals surface area contributed by atoms with Crippen molar-refractivity contribution in [2.45, 2.75) is 13.1 Å². The zero-order valence-corrected chi connectivity index (χ0v) is 15.6. The highest BCUT2D eigenvalue weighted by Gasteiger charge is 2.29.